The topological polar surface area (TPSA) is 73.8 Å². The molecule has 6 heteroatoms. The van der Waals surface area contributed by atoms with Gasteiger partial charge in [-0.05, 0) is 61.7 Å². The Morgan fingerprint density at radius 3 is 2.33 bits per heavy atom. The first-order valence-corrected chi connectivity index (χ1v) is 10.5. The van der Waals surface area contributed by atoms with Crippen LogP contribution in [0, 0.1) is 5.92 Å². The summed E-state index contributed by atoms with van der Waals surface area (Å²) in [6, 6.07) is 14.9. The Kier molecular flexibility index (Phi) is 7.22. The number of carbonyl (C=O) groups excluding carboxylic acids is 2. The third-order valence-electron chi connectivity index (χ3n) is 5.49. The molecule has 6 nitrogen and oxygen atoms in total. The van der Waals surface area contributed by atoms with Gasteiger partial charge in [-0.3, -0.25) is 9.59 Å². The smallest absolute Gasteiger partial charge is 0.271 e. The Morgan fingerprint density at radius 1 is 0.967 bits per heavy atom. The van der Waals surface area contributed by atoms with E-state index in [-0.39, 0.29) is 17.7 Å². The predicted molar refractivity (Wildman–Crippen MR) is 122 cm³/mol. The van der Waals surface area contributed by atoms with Gasteiger partial charge < -0.3 is 10.2 Å². The van der Waals surface area contributed by atoms with E-state index in [1.165, 1.54) is 6.42 Å². The van der Waals surface area contributed by atoms with Crippen molar-refractivity contribution in [1.29, 1.82) is 0 Å². The van der Waals surface area contributed by atoms with E-state index in [4.69, 9.17) is 0 Å². The van der Waals surface area contributed by atoms with Gasteiger partial charge in [0.2, 0.25) is 5.91 Å². The highest BCUT2D eigenvalue weighted by atomic mass is 16.2. The van der Waals surface area contributed by atoms with E-state index in [1.54, 1.807) is 12.1 Å². The third-order valence-corrected chi connectivity index (χ3v) is 5.49. The summed E-state index contributed by atoms with van der Waals surface area (Å²) in [6.07, 6.45) is 5.41. The van der Waals surface area contributed by atoms with Crippen LogP contribution in [-0.2, 0) is 4.79 Å². The molecule has 30 heavy (non-hydrogen) atoms. The van der Waals surface area contributed by atoms with Gasteiger partial charge in [0, 0.05) is 37.0 Å². The molecule has 0 saturated heterocycles. The minimum Gasteiger partial charge on any atom is -0.378 e. The van der Waals surface area contributed by atoms with E-state index in [2.05, 4.69) is 15.8 Å². The molecule has 2 amide bonds. The molecule has 0 radical (unpaired) electrons. The number of carbonyl (C=O) groups is 2. The zero-order chi connectivity index (χ0) is 21.5. The fourth-order valence-corrected chi connectivity index (χ4v) is 3.61. The van der Waals surface area contributed by atoms with Crippen molar-refractivity contribution < 1.29 is 9.59 Å². The first-order valence-electron chi connectivity index (χ1n) is 10.5. The Bertz CT molecular complexity index is 913. The van der Waals surface area contributed by atoms with E-state index >= 15 is 0 Å². The summed E-state index contributed by atoms with van der Waals surface area (Å²) in [5, 5.41) is 7.26. The molecular formula is C24H30N4O2. The number of hydrazone groups is 1. The second-order valence-corrected chi connectivity index (χ2v) is 7.98. The molecule has 0 heterocycles. The van der Waals surface area contributed by atoms with Crippen LogP contribution in [0.15, 0.2) is 53.6 Å². The molecule has 3 rings (SSSR count). The van der Waals surface area contributed by atoms with E-state index in [1.807, 2.05) is 62.3 Å². The number of nitrogens with one attached hydrogen (secondary N) is 2. The molecule has 1 aliphatic carbocycles. The highest BCUT2D eigenvalue weighted by Crippen LogP contribution is 2.25. The van der Waals surface area contributed by atoms with Crippen molar-refractivity contribution in [2.75, 3.05) is 24.3 Å². The standard InChI is InChI=1S/C24H30N4O2/c1-17(26-27-24(30)19-12-14-22(15-13-19)28(2)3)20-10-7-11-21(16-20)25-23(29)18-8-5-4-6-9-18/h7,10-16,18H,4-6,8-9H2,1-3H3,(H,25,29)(H,27,30)/b26-17-. The van der Waals surface area contributed by atoms with Gasteiger partial charge in [-0.1, -0.05) is 31.4 Å². The highest BCUT2D eigenvalue weighted by molar-refractivity contribution is 6.02. The van der Waals surface area contributed by atoms with Crippen LogP contribution in [0.1, 0.15) is 54.9 Å². The Hall–Kier alpha value is -3.15. The first kappa shape index (κ1) is 21.6. The van der Waals surface area contributed by atoms with Crippen molar-refractivity contribution in [2.24, 2.45) is 11.0 Å². The lowest BCUT2D eigenvalue weighted by Gasteiger charge is -2.20. The van der Waals surface area contributed by atoms with Crippen molar-refractivity contribution in [3.05, 3.63) is 59.7 Å². The van der Waals surface area contributed by atoms with Gasteiger partial charge >= 0.3 is 0 Å². The Balaban J connectivity index is 1.62. The molecule has 0 aliphatic heterocycles. The second kappa shape index (κ2) is 10.1. The number of hydrogen-bond acceptors (Lipinski definition) is 4. The van der Waals surface area contributed by atoms with E-state index in [0.717, 1.165) is 42.6 Å². The maximum Gasteiger partial charge on any atom is 0.271 e. The molecule has 0 atom stereocenters. The molecule has 0 bridgehead atoms. The molecule has 1 aliphatic rings. The van der Waals surface area contributed by atoms with Crippen LogP contribution < -0.4 is 15.6 Å². The number of nitrogens with zero attached hydrogens (tertiary/aromatic N) is 2. The summed E-state index contributed by atoms with van der Waals surface area (Å²) in [4.78, 5) is 26.8. The molecule has 0 spiro atoms. The summed E-state index contributed by atoms with van der Waals surface area (Å²) in [5.41, 5.74) is 6.45. The summed E-state index contributed by atoms with van der Waals surface area (Å²) in [7, 11) is 3.91. The van der Waals surface area contributed by atoms with E-state index < -0.39 is 0 Å². The summed E-state index contributed by atoms with van der Waals surface area (Å²) in [5.74, 6) is -0.0623. The van der Waals surface area contributed by atoms with Crippen LogP contribution >= 0.6 is 0 Å². The highest BCUT2D eigenvalue weighted by Gasteiger charge is 2.21. The van der Waals surface area contributed by atoms with Crippen LogP contribution in [0.5, 0.6) is 0 Å². The van der Waals surface area contributed by atoms with Gasteiger partial charge in [-0.25, -0.2) is 5.43 Å². The van der Waals surface area contributed by atoms with Gasteiger partial charge in [0.25, 0.3) is 5.91 Å². The molecule has 1 fully saturated rings. The maximum atomic E-state index is 12.5. The molecule has 0 aromatic heterocycles. The van der Waals surface area contributed by atoms with Gasteiger partial charge in [0.05, 0.1) is 5.71 Å². The van der Waals surface area contributed by atoms with Crippen LogP contribution in [0.2, 0.25) is 0 Å². The normalized spacial score (nSPS) is 14.8. The fourth-order valence-electron chi connectivity index (χ4n) is 3.61. The number of anilines is 2. The molecule has 1 saturated carbocycles. The average Bonchev–Trinajstić information content (AvgIpc) is 2.78. The minimum atomic E-state index is -0.263. The van der Waals surface area contributed by atoms with Crippen LogP contribution in [0.4, 0.5) is 11.4 Å². The van der Waals surface area contributed by atoms with Crippen molar-refractivity contribution in [2.45, 2.75) is 39.0 Å². The van der Waals surface area contributed by atoms with Crippen LogP contribution in [-0.4, -0.2) is 31.6 Å². The quantitative estimate of drug-likeness (QED) is 0.551. The zero-order valence-electron chi connectivity index (χ0n) is 17.9. The Morgan fingerprint density at radius 2 is 1.67 bits per heavy atom. The number of rotatable bonds is 6. The molecule has 2 aromatic carbocycles. The fraction of sp³-hybridized carbons (Fsp3) is 0.375. The molecule has 2 aromatic rings. The lowest BCUT2D eigenvalue weighted by Crippen LogP contribution is -2.24. The molecule has 2 N–H and O–H groups in total. The summed E-state index contributed by atoms with van der Waals surface area (Å²) < 4.78 is 0. The van der Waals surface area contributed by atoms with Gasteiger partial charge in [-0.2, -0.15) is 5.10 Å². The lowest BCUT2D eigenvalue weighted by molar-refractivity contribution is -0.120. The minimum absolute atomic E-state index is 0.0934. The SMILES string of the molecule is C/C(=N/NC(=O)c1ccc(N(C)C)cc1)c1cccc(NC(=O)C2CCCCC2)c1. The molecule has 158 valence electrons. The molecule has 0 unspecified atom stereocenters. The van der Waals surface area contributed by atoms with Crippen molar-refractivity contribution in [3.63, 3.8) is 0 Å². The second-order valence-electron chi connectivity index (χ2n) is 7.98. The third kappa shape index (κ3) is 5.69. The predicted octanol–water partition coefficient (Wildman–Crippen LogP) is 4.43. The van der Waals surface area contributed by atoms with Crippen molar-refractivity contribution in [1.82, 2.24) is 5.43 Å². The first-order chi connectivity index (χ1) is 14.4. The van der Waals surface area contributed by atoms with Crippen molar-refractivity contribution in [3.8, 4) is 0 Å². The molecular weight excluding hydrogens is 376 g/mol. The zero-order valence-corrected chi connectivity index (χ0v) is 17.9. The number of hydrogen-bond donors (Lipinski definition) is 2. The van der Waals surface area contributed by atoms with Gasteiger partial charge in [-0.15, -0.1) is 0 Å². The Labute approximate surface area is 178 Å². The van der Waals surface area contributed by atoms with Gasteiger partial charge in [0.1, 0.15) is 0 Å². The van der Waals surface area contributed by atoms with E-state index in [9.17, 15) is 9.59 Å². The number of benzene rings is 2. The maximum absolute atomic E-state index is 12.5. The van der Waals surface area contributed by atoms with E-state index in [0.29, 0.717) is 11.3 Å². The van der Waals surface area contributed by atoms with Crippen molar-refractivity contribution >= 4 is 28.9 Å². The summed E-state index contributed by atoms with van der Waals surface area (Å²) in [6.45, 7) is 1.83. The monoisotopic (exact) mass is 406 g/mol. The average molecular weight is 407 g/mol. The van der Waals surface area contributed by atoms with Gasteiger partial charge in [0.15, 0.2) is 0 Å². The lowest BCUT2D eigenvalue weighted by atomic mass is 9.88. The number of amides is 2. The summed E-state index contributed by atoms with van der Waals surface area (Å²) >= 11 is 0. The van der Waals surface area contributed by atoms with Crippen LogP contribution in [0.3, 0.4) is 0 Å². The van der Waals surface area contributed by atoms with Crippen LogP contribution in [0.25, 0.3) is 0 Å². The largest absolute Gasteiger partial charge is 0.378 e.